The summed E-state index contributed by atoms with van der Waals surface area (Å²) in [5.41, 5.74) is 0. The monoisotopic (exact) mass is 1120 g/mol. The van der Waals surface area contributed by atoms with Crippen LogP contribution in [-0.2, 0) is 27.9 Å². The number of phosphoric ester groups is 1. The molecule has 0 aliphatic rings. The van der Waals surface area contributed by atoms with Crippen LogP contribution < -0.4 is 10.2 Å². The van der Waals surface area contributed by atoms with Gasteiger partial charge in [0.2, 0.25) is 5.91 Å². The summed E-state index contributed by atoms with van der Waals surface area (Å²) in [7, 11) is 1.16. The molecule has 3 atom stereocenters. The van der Waals surface area contributed by atoms with Crippen molar-refractivity contribution in [3.63, 3.8) is 0 Å². The van der Waals surface area contributed by atoms with Gasteiger partial charge in [0.1, 0.15) is 19.3 Å². The summed E-state index contributed by atoms with van der Waals surface area (Å²) in [5, 5.41) is 3.01. The fourth-order valence-electron chi connectivity index (χ4n) is 9.01. The second-order valence-electron chi connectivity index (χ2n) is 22.9. The van der Waals surface area contributed by atoms with E-state index in [0.29, 0.717) is 17.4 Å². The Morgan fingerprint density at radius 1 is 0.468 bits per heavy atom. The van der Waals surface area contributed by atoms with Gasteiger partial charge < -0.3 is 28.5 Å². The predicted octanol–water partition coefficient (Wildman–Crippen LogP) is 19.7. The van der Waals surface area contributed by atoms with E-state index in [2.05, 4.69) is 111 Å². The Bertz CT molecular complexity index is 1670. The minimum Gasteiger partial charge on any atom is -0.756 e. The number of allylic oxidation sites excluding steroid dienone is 15. The van der Waals surface area contributed by atoms with Crippen molar-refractivity contribution in [2.45, 2.75) is 290 Å². The molecule has 0 aliphatic heterocycles. The van der Waals surface area contributed by atoms with Crippen molar-refractivity contribution in [2.75, 3.05) is 40.9 Å². The van der Waals surface area contributed by atoms with Gasteiger partial charge in [0.05, 0.1) is 33.8 Å². The fourth-order valence-corrected chi connectivity index (χ4v) is 9.73. The average molecular weight is 1120 g/mol. The van der Waals surface area contributed by atoms with Crippen LogP contribution in [-0.4, -0.2) is 69.4 Å². The first-order valence-electron chi connectivity index (χ1n) is 32.6. The molecule has 0 spiro atoms. The maximum Gasteiger partial charge on any atom is 0.306 e. The van der Waals surface area contributed by atoms with Crippen molar-refractivity contribution in [1.29, 1.82) is 0 Å². The highest BCUT2D eigenvalue weighted by atomic mass is 31.2. The number of nitrogens with one attached hydrogen (secondary N) is 1. The van der Waals surface area contributed by atoms with E-state index >= 15 is 0 Å². The van der Waals surface area contributed by atoms with Crippen LogP contribution >= 0.6 is 7.82 Å². The largest absolute Gasteiger partial charge is 0.756 e. The summed E-state index contributed by atoms with van der Waals surface area (Å²) in [6.07, 6.45) is 78.1. The zero-order chi connectivity index (χ0) is 57.9. The van der Waals surface area contributed by atoms with E-state index in [1.54, 1.807) is 0 Å². The van der Waals surface area contributed by atoms with Crippen molar-refractivity contribution in [2.24, 2.45) is 0 Å². The maximum atomic E-state index is 13.5. The van der Waals surface area contributed by atoms with E-state index in [1.807, 2.05) is 33.3 Å². The third-order valence-corrected chi connectivity index (χ3v) is 15.0. The Morgan fingerprint density at radius 3 is 1.30 bits per heavy atom. The Balaban J connectivity index is 5.20. The molecule has 79 heavy (non-hydrogen) atoms. The molecule has 0 aliphatic carbocycles. The molecule has 0 saturated heterocycles. The molecule has 0 aromatic carbocycles. The number of ether oxygens (including phenoxy) is 1. The van der Waals surface area contributed by atoms with E-state index in [4.69, 9.17) is 13.8 Å². The molecule has 0 radical (unpaired) electrons. The lowest BCUT2D eigenvalue weighted by Crippen LogP contribution is -2.47. The molecular formula is C69H123N2O7P. The Morgan fingerprint density at radius 2 is 0.848 bits per heavy atom. The normalized spacial score (nSPS) is 14.3. The van der Waals surface area contributed by atoms with Crippen LogP contribution in [0, 0.1) is 0 Å². The highest BCUT2D eigenvalue weighted by Gasteiger charge is 2.27. The number of carbonyl (C=O) groups is 2. The topological polar surface area (TPSA) is 114 Å². The molecule has 0 bridgehead atoms. The standard InChI is InChI=1S/C69H123N2O7P/c1-7-10-13-16-19-22-25-28-30-32-33-34-35-36-37-38-39-40-42-44-47-50-53-56-59-62-69(73)78-67(60-57-54-51-48-45-27-24-21-18-15-12-9-3)66(65-77-79(74,75)76-64-63-71(4,5)6)70-68(72)61-58-55-52-49-46-43-41-31-29-26-23-20-17-14-11-8-2/h10,13,19,22,28,30-31,33-34,36-37,41,43,46,57,60,66-67H,7-9,11-12,14-18,20-21,23-27,29,32,35,38-40,42,44-45,47-56,58-59,61-65H2,1-6H3,(H-,70,72,74,75)/b13-10-,22-19-,30-28-,34-33-,37-36-,41-31+,46-43+,60-57-. The molecule has 1 amide bonds. The third kappa shape index (κ3) is 59.4. The average Bonchev–Trinajstić information content (AvgIpc) is 3.41. The molecule has 456 valence electrons. The molecule has 9 nitrogen and oxygen atoms in total. The molecule has 0 aromatic heterocycles. The molecule has 0 aromatic rings. The molecule has 3 unspecified atom stereocenters. The number of hydrogen-bond donors (Lipinski definition) is 1. The van der Waals surface area contributed by atoms with Crippen molar-refractivity contribution in [1.82, 2.24) is 5.32 Å². The second-order valence-corrected chi connectivity index (χ2v) is 24.3. The van der Waals surface area contributed by atoms with Gasteiger partial charge in [0.25, 0.3) is 7.82 Å². The second kappa shape index (κ2) is 58.1. The number of nitrogens with zero attached hydrogens (tertiary/aromatic N) is 1. The van der Waals surface area contributed by atoms with Crippen LogP contribution in [0.5, 0.6) is 0 Å². The minimum atomic E-state index is -4.71. The van der Waals surface area contributed by atoms with Crippen LogP contribution in [0.15, 0.2) is 97.2 Å². The molecule has 10 heteroatoms. The van der Waals surface area contributed by atoms with Crippen LogP contribution in [0.4, 0.5) is 0 Å². The van der Waals surface area contributed by atoms with Gasteiger partial charge in [0.15, 0.2) is 0 Å². The van der Waals surface area contributed by atoms with Gasteiger partial charge in [-0.2, -0.15) is 0 Å². The number of hydrogen-bond acceptors (Lipinski definition) is 7. The number of carbonyl (C=O) groups excluding carboxylic acids is 2. The van der Waals surface area contributed by atoms with Crippen molar-refractivity contribution >= 4 is 19.7 Å². The molecule has 1 N–H and O–H groups in total. The third-order valence-electron chi connectivity index (χ3n) is 14.0. The number of esters is 1. The number of unbranched alkanes of at least 4 members (excludes halogenated alkanes) is 29. The number of amides is 1. The zero-order valence-corrected chi connectivity index (χ0v) is 52.9. The lowest BCUT2D eigenvalue weighted by Gasteiger charge is -2.30. The van der Waals surface area contributed by atoms with Crippen LogP contribution in [0.25, 0.3) is 0 Å². The van der Waals surface area contributed by atoms with Crippen LogP contribution in [0.1, 0.15) is 278 Å². The van der Waals surface area contributed by atoms with Gasteiger partial charge in [-0.15, -0.1) is 0 Å². The Hall–Kier alpha value is -3.07. The van der Waals surface area contributed by atoms with Gasteiger partial charge in [-0.05, 0) is 102 Å². The number of phosphoric acid groups is 1. The van der Waals surface area contributed by atoms with Gasteiger partial charge in [-0.3, -0.25) is 14.2 Å². The summed E-state index contributed by atoms with van der Waals surface area (Å²) in [6, 6.07) is -0.910. The Labute approximate surface area is 488 Å². The van der Waals surface area contributed by atoms with Crippen LogP contribution in [0.3, 0.4) is 0 Å². The number of rotatable bonds is 58. The summed E-state index contributed by atoms with van der Waals surface area (Å²) in [4.78, 5) is 40.0. The van der Waals surface area contributed by atoms with E-state index in [9.17, 15) is 19.0 Å². The maximum absolute atomic E-state index is 13.5. The molecule has 0 rings (SSSR count). The summed E-state index contributed by atoms with van der Waals surface area (Å²) in [6.45, 7) is 6.70. The van der Waals surface area contributed by atoms with Gasteiger partial charge in [-0.1, -0.05) is 260 Å². The summed E-state index contributed by atoms with van der Waals surface area (Å²) >= 11 is 0. The van der Waals surface area contributed by atoms with E-state index in [-0.39, 0.29) is 31.3 Å². The van der Waals surface area contributed by atoms with Gasteiger partial charge in [0, 0.05) is 12.8 Å². The molecule has 0 fully saturated rings. The SMILES string of the molecule is CC/C=C\C/C=C\C/C=C\C/C=C\C/C=C\CCCCCCCCCCCC(=O)OC(/C=C\CCCCCCCCCCCC)C(COP(=O)([O-])OCC[N+](C)(C)C)NC(=O)CCCCC/C=C/C=C/CCCCCCCCC. The summed E-state index contributed by atoms with van der Waals surface area (Å²) in [5.74, 6) is -0.579. The Kier molecular flexibility index (Phi) is 55.9. The quantitative estimate of drug-likeness (QED) is 0.0161. The highest BCUT2D eigenvalue weighted by molar-refractivity contribution is 7.45. The lowest BCUT2D eigenvalue weighted by atomic mass is 10.0. The minimum absolute atomic E-state index is 0.0321. The molecule has 0 saturated carbocycles. The highest BCUT2D eigenvalue weighted by Crippen LogP contribution is 2.38. The smallest absolute Gasteiger partial charge is 0.306 e. The van der Waals surface area contributed by atoms with Crippen molar-refractivity contribution in [3.8, 4) is 0 Å². The first-order chi connectivity index (χ1) is 38.4. The van der Waals surface area contributed by atoms with Crippen LogP contribution in [0.2, 0.25) is 0 Å². The van der Waals surface area contributed by atoms with E-state index in [1.165, 1.54) is 128 Å². The first kappa shape index (κ1) is 75.9. The number of likely N-dealkylation sites (N-methyl/N-ethyl adjacent to an activating group) is 1. The number of quaternary nitrogens is 1. The van der Waals surface area contributed by atoms with Crippen molar-refractivity contribution in [3.05, 3.63) is 97.2 Å². The van der Waals surface area contributed by atoms with E-state index in [0.717, 1.165) is 109 Å². The van der Waals surface area contributed by atoms with Gasteiger partial charge in [-0.25, -0.2) is 0 Å². The lowest BCUT2D eigenvalue weighted by molar-refractivity contribution is -0.870. The van der Waals surface area contributed by atoms with E-state index < -0.39 is 26.6 Å². The zero-order valence-electron chi connectivity index (χ0n) is 52.1. The summed E-state index contributed by atoms with van der Waals surface area (Å²) < 4.78 is 30.3. The predicted molar refractivity (Wildman–Crippen MR) is 339 cm³/mol. The molecule has 0 heterocycles. The van der Waals surface area contributed by atoms with Gasteiger partial charge >= 0.3 is 5.97 Å². The fraction of sp³-hybridized carbons (Fsp3) is 0.739. The molecular weight excluding hydrogens is 1000 g/mol. The first-order valence-corrected chi connectivity index (χ1v) is 34.0. The van der Waals surface area contributed by atoms with Crippen molar-refractivity contribution < 1.29 is 37.3 Å².